The average molecular weight is 259 g/mol. The predicted octanol–water partition coefficient (Wildman–Crippen LogP) is 2.90. The van der Waals surface area contributed by atoms with Crippen LogP contribution in [0.4, 0.5) is 0 Å². The quantitative estimate of drug-likeness (QED) is 0.814. The highest BCUT2D eigenvalue weighted by Crippen LogP contribution is 2.33. The molecule has 2 nitrogen and oxygen atoms in total. The average Bonchev–Trinajstić information content (AvgIpc) is 2.10. The molecule has 0 aromatic rings. The van der Waals surface area contributed by atoms with Gasteiger partial charge in [0.05, 0.1) is 6.10 Å². The van der Waals surface area contributed by atoms with E-state index in [2.05, 4.69) is 39.9 Å². The summed E-state index contributed by atoms with van der Waals surface area (Å²) in [5.41, 5.74) is 0.650. The summed E-state index contributed by atoms with van der Waals surface area (Å²) in [6, 6.07) is 0.568. The van der Waals surface area contributed by atoms with Crippen molar-refractivity contribution in [3.8, 4) is 0 Å². The molecule has 0 aromatic heterocycles. The maximum Gasteiger partial charge on any atom is 0.0669 e. The second kappa shape index (κ2) is 5.94. The molecule has 17 heavy (non-hydrogen) atoms. The third-order valence-corrected chi connectivity index (χ3v) is 4.72. The van der Waals surface area contributed by atoms with Gasteiger partial charge >= 0.3 is 0 Å². The Morgan fingerprint density at radius 1 is 1.41 bits per heavy atom. The van der Waals surface area contributed by atoms with E-state index in [-0.39, 0.29) is 11.5 Å². The van der Waals surface area contributed by atoms with E-state index in [4.69, 9.17) is 0 Å². The van der Waals surface area contributed by atoms with Crippen LogP contribution in [0.2, 0.25) is 0 Å². The smallest absolute Gasteiger partial charge is 0.0669 e. The van der Waals surface area contributed by atoms with Gasteiger partial charge in [0.2, 0.25) is 0 Å². The van der Waals surface area contributed by atoms with Crippen molar-refractivity contribution >= 4 is 11.8 Å². The molecule has 1 saturated heterocycles. The van der Waals surface area contributed by atoms with E-state index >= 15 is 0 Å². The Morgan fingerprint density at radius 3 is 2.59 bits per heavy atom. The summed E-state index contributed by atoms with van der Waals surface area (Å²) in [7, 11) is 0. The molecule has 3 heteroatoms. The zero-order chi connectivity index (χ0) is 13.1. The first-order chi connectivity index (χ1) is 7.68. The molecule has 0 amide bonds. The SMILES string of the molecule is CC(C)(C)CC(O)CNC1CSCC(C)(C)C1. The normalized spacial score (nSPS) is 26.8. The molecule has 0 bridgehead atoms. The maximum absolute atomic E-state index is 9.98. The molecule has 1 aliphatic rings. The number of aliphatic hydroxyl groups excluding tert-OH is 1. The van der Waals surface area contributed by atoms with Crippen molar-refractivity contribution in [2.75, 3.05) is 18.1 Å². The fraction of sp³-hybridized carbons (Fsp3) is 1.00. The molecule has 0 saturated carbocycles. The molecule has 0 aromatic carbocycles. The summed E-state index contributed by atoms with van der Waals surface area (Å²) in [5.74, 6) is 2.45. The standard InChI is InChI=1S/C14H29NOS/c1-13(2,3)7-12(16)8-15-11-6-14(4,5)10-17-9-11/h11-12,15-16H,6-10H2,1-5H3. The number of nitrogens with one attached hydrogen (secondary N) is 1. The first kappa shape index (κ1) is 15.3. The summed E-state index contributed by atoms with van der Waals surface area (Å²) in [6.45, 7) is 11.9. The van der Waals surface area contributed by atoms with E-state index in [1.54, 1.807) is 0 Å². The molecule has 2 N–H and O–H groups in total. The fourth-order valence-corrected chi connectivity index (χ4v) is 3.78. The minimum atomic E-state index is -0.218. The number of aliphatic hydroxyl groups is 1. The lowest BCUT2D eigenvalue weighted by molar-refractivity contribution is 0.115. The Morgan fingerprint density at radius 2 is 2.06 bits per heavy atom. The van der Waals surface area contributed by atoms with E-state index in [0.29, 0.717) is 11.5 Å². The summed E-state index contributed by atoms with van der Waals surface area (Å²) in [4.78, 5) is 0. The van der Waals surface area contributed by atoms with Crippen molar-refractivity contribution in [1.29, 1.82) is 0 Å². The minimum absolute atomic E-state index is 0.210. The molecule has 1 aliphatic heterocycles. The monoisotopic (exact) mass is 259 g/mol. The molecule has 0 spiro atoms. The van der Waals surface area contributed by atoms with Gasteiger partial charge in [-0.2, -0.15) is 11.8 Å². The van der Waals surface area contributed by atoms with E-state index in [1.165, 1.54) is 17.9 Å². The van der Waals surface area contributed by atoms with Crippen LogP contribution in [0.25, 0.3) is 0 Å². The van der Waals surface area contributed by atoms with Crippen LogP contribution in [-0.2, 0) is 0 Å². The predicted molar refractivity (Wildman–Crippen MR) is 77.6 cm³/mol. The Kier molecular flexibility index (Phi) is 5.36. The van der Waals surface area contributed by atoms with Gasteiger partial charge in [0.15, 0.2) is 0 Å². The lowest BCUT2D eigenvalue weighted by Gasteiger charge is -2.36. The number of thioether (sulfide) groups is 1. The van der Waals surface area contributed by atoms with Crippen LogP contribution in [0, 0.1) is 10.8 Å². The third kappa shape index (κ3) is 6.68. The fourth-order valence-electron chi connectivity index (χ4n) is 2.48. The summed E-state index contributed by atoms with van der Waals surface area (Å²) >= 11 is 2.03. The molecule has 2 unspecified atom stereocenters. The summed E-state index contributed by atoms with van der Waals surface area (Å²) in [5, 5.41) is 13.5. The van der Waals surface area contributed by atoms with Crippen molar-refractivity contribution in [3.63, 3.8) is 0 Å². The molecule has 102 valence electrons. The Hall–Kier alpha value is 0.270. The Labute approximate surface area is 111 Å². The van der Waals surface area contributed by atoms with Crippen LogP contribution in [0.5, 0.6) is 0 Å². The second-order valence-electron chi connectivity index (χ2n) is 7.41. The van der Waals surface area contributed by atoms with Gasteiger partial charge in [-0.15, -0.1) is 0 Å². The number of hydrogen-bond acceptors (Lipinski definition) is 3. The topological polar surface area (TPSA) is 32.3 Å². The van der Waals surface area contributed by atoms with Gasteiger partial charge in [-0.1, -0.05) is 34.6 Å². The van der Waals surface area contributed by atoms with Gasteiger partial charge in [0, 0.05) is 18.3 Å². The lowest BCUT2D eigenvalue weighted by atomic mass is 9.87. The van der Waals surface area contributed by atoms with Gasteiger partial charge in [-0.05, 0) is 29.4 Å². The summed E-state index contributed by atoms with van der Waals surface area (Å²) in [6.07, 6.45) is 1.87. The van der Waals surface area contributed by atoms with Crippen LogP contribution in [0.1, 0.15) is 47.5 Å². The van der Waals surface area contributed by atoms with Gasteiger partial charge in [0.1, 0.15) is 0 Å². The molecule has 2 atom stereocenters. The van der Waals surface area contributed by atoms with Crippen LogP contribution < -0.4 is 5.32 Å². The van der Waals surface area contributed by atoms with Crippen LogP contribution in [0.3, 0.4) is 0 Å². The zero-order valence-electron chi connectivity index (χ0n) is 12.0. The third-order valence-electron chi connectivity index (χ3n) is 3.10. The molecule has 0 radical (unpaired) electrons. The molecule has 1 rings (SSSR count). The highest BCUT2D eigenvalue weighted by molar-refractivity contribution is 7.99. The summed E-state index contributed by atoms with van der Waals surface area (Å²) < 4.78 is 0. The van der Waals surface area contributed by atoms with E-state index in [1.807, 2.05) is 11.8 Å². The maximum atomic E-state index is 9.98. The van der Waals surface area contributed by atoms with Crippen LogP contribution >= 0.6 is 11.8 Å². The highest BCUT2D eigenvalue weighted by Gasteiger charge is 2.28. The van der Waals surface area contributed by atoms with Crippen molar-refractivity contribution < 1.29 is 5.11 Å². The van der Waals surface area contributed by atoms with Crippen LogP contribution in [-0.4, -0.2) is 35.3 Å². The second-order valence-corrected chi connectivity index (χ2v) is 8.44. The van der Waals surface area contributed by atoms with E-state index < -0.39 is 0 Å². The minimum Gasteiger partial charge on any atom is -0.392 e. The van der Waals surface area contributed by atoms with Gasteiger partial charge in [-0.25, -0.2) is 0 Å². The first-order valence-electron chi connectivity index (χ1n) is 6.67. The van der Waals surface area contributed by atoms with E-state index in [9.17, 15) is 5.11 Å². The molecule has 0 aliphatic carbocycles. The van der Waals surface area contributed by atoms with Crippen LogP contribution in [0.15, 0.2) is 0 Å². The first-order valence-corrected chi connectivity index (χ1v) is 7.83. The van der Waals surface area contributed by atoms with Crippen molar-refractivity contribution in [2.45, 2.75) is 59.6 Å². The Bertz CT molecular complexity index is 235. The molecular weight excluding hydrogens is 230 g/mol. The van der Waals surface area contributed by atoms with Crippen molar-refractivity contribution in [2.24, 2.45) is 10.8 Å². The lowest BCUT2D eigenvalue weighted by Crippen LogP contribution is -2.43. The van der Waals surface area contributed by atoms with Gasteiger partial charge in [0.25, 0.3) is 0 Å². The van der Waals surface area contributed by atoms with Gasteiger partial charge < -0.3 is 10.4 Å². The van der Waals surface area contributed by atoms with Gasteiger partial charge in [-0.3, -0.25) is 0 Å². The number of rotatable bonds is 4. The zero-order valence-corrected chi connectivity index (χ0v) is 12.9. The van der Waals surface area contributed by atoms with E-state index in [0.717, 1.165) is 13.0 Å². The van der Waals surface area contributed by atoms with Crippen molar-refractivity contribution in [1.82, 2.24) is 5.32 Å². The number of hydrogen-bond donors (Lipinski definition) is 2. The Balaban J connectivity index is 2.26. The molecular formula is C14H29NOS. The highest BCUT2D eigenvalue weighted by atomic mass is 32.2. The van der Waals surface area contributed by atoms with Crippen molar-refractivity contribution in [3.05, 3.63) is 0 Å². The molecule has 1 heterocycles. The largest absolute Gasteiger partial charge is 0.392 e. The molecule has 1 fully saturated rings.